The Morgan fingerprint density at radius 1 is 1.03 bits per heavy atom. The van der Waals surface area contributed by atoms with Gasteiger partial charge in [-0.2, -0.15) is 5.10 Å². The number of aromatic amines is 1. The lowest BCUT2D eigenvalue weighted by molar-refractivity contribution is 0.194. The minimum Gasteiger partial charge on any atom is -0.496 e. The molecule has 8 heteroatoms. The molecular formula is C24H27F2N3O3. The van der Waals surface area contributed by atoms with E-state index < -0.39 is 11.6 Å². The second-order valence-electron chi connectivity index (χ2n) is 7.91. The lowest BCUT2D eigenvalue weighted by atomic mass is 9.90. The van der Waals surface area contributed by atoms with Gasteiger partial charge in [0.1, 0.15) is 28.9 Å². The monoisotopic (exact) mass is 443 g/mol. The smallest absolute Gasteiger partial charge is 0.134 e. The van der Waals surface area contributed by atoms with Gasteiger partial charge in [-0.25, -0.2) is 8.78 Å². The van der Waals surface area contributed by atoms with Crippen LogP contribution in [0.3, 0.4) is 0 Å². The third kappa shape index (κ3) is 4.41. The molecule has 0 radical (unpaired) electrons. The third-order valence-electron chi connectivity index (χ3n) is 6.00. The van der Waals surface area contributed by atoms with Crippen LogP contribution >= 0.6 is 0 Å². The quantitative estimate of drug-likeness (QED) is 0.571. The first kappa shape index (κ1) is 22.1. The molecule has 170 valence electrons. The van der Waals surface area contributed by atoms with Gasteiger partial charge in [0.25, 0.3) is 0 Å². The molecule has 3 aromatic rings. The van der Waals surface area contributed by atoms with Crippen LogP contribution in [0.15, 0.2) is 36.5 Å². The molecule has 32 heavy (non-hydrogen) atoms. The molecule has 1 aromatic heterocycles. The molecule has 2 heterocycles. The number of halogens is 2. The normalized spacial score (nSPS) is 16.7. The maximum absolute atomic E-state index is 14.4. The Bertz CT molecular complexity index is 1060. The average molecular weight is 443 g/mol. The molecule has 0 unspecified atom stereocenters. The van der Waals surface area contributed by atoms with Crippen molar-refractivity contribution in [3.63, 3.8) is 0 Å². The van der Waals surface area contributed by atoms with Crippen molar-refractivity contribution in [2.45, 2.75) is 25.3 Å². The Morgan fingerprint density at radius 3 is 2.44 bits per heavy atom. The SMILES string of the molecule is COc1cc(OC)c(CN2CCC[C@H](c3[nH]ncc3-c3ccc(F)cc3F)C2)c(OC)c1. The van der Waals surface area contributed by atoms with Crippen molar-refractivity contribution in [2.24, 2.45) is 0 Å². The van der Waals surface area contributed by atoms with Gasteiger partial charge < -0.3 is 14.2 Å². The third-order valence-corrected chi connectivity index (χ3v) is 6.00. The van der Waals surface area contributed by atoms with Crippen LogP contribution in [0, 0.1) is 11.6 Å². The van der Waals surface area contributed by atoms with E-state index in [2.05, 4.69) is 15.1 Å². The summed E-state index contributed by atoms with van der Waals surface area (Å²) in [7, 11) is 4.87. The van der Waals surface area contributed by atoms with Gasteiger partial charge in [-0.15, -0.1) is 0 Å². The van der Waals surface area contributed by atoms with Gasteiger partial charge in [0, 0.05) is 54.0 Å². The highest BCUT2D eigenvalue weighted by atomic mass is 19.1. The average Bonchev–Trinajstić information content (AvgIpc) is 3.29. The van der Waals surface area contributed by atoms with Gasteiger partial charge in [-0.1, -0.05) is 0 Å². The van der Waals surface area contributed by atoms with Gasteiger partial charge in [0.05, 0.1) is 33.1 Å². The van der Waals surface area contributed by atoms with E-state index in [0.717, 1.165) is 43.3 Å². The summed E-state index contributed by atoms with van der Waals surface area (Å²) >= 11 is 0. The van der Waals surface area contributed by atoms with Gasteiger partial charge in [-0.05, 0) is 31.5 Å². The van der Waals surface area contributed by atoms with Gasteiger partial charge in [0.2, 0.25) is 0 Å². The molecule has 0 bridgehead atoms. The summed E-state index contributed by atoms with van der Waals surface area (Å²) in [5.41, 5.74) is 2.85. The van der Waals surface area contributed by atoms with Crippen LogP contribution < -0.4 is 14.2 Å². The van der Waals surface area contributed by atoms with Crippen molar-refractivity contribution in [2.75, 3.05) is 34.4 Å². The van der Waals surface area contributed by atoms with E-state index in [-0.39, 0.29) is 5.92 Å². The molecule has 1 aliphatic heterocycles. The van der Waals surface area contributed by atoms with E-state index in [4.69, 9.17) is 14.2 Å². The number of H-pyrrole nitrogens is 1. The number of aromatic nitrogens is 2. The molecule has 1 saturated heterocycles. The number of benzene rings is 2. The summed E-state index contributed by atoms with van der Waals surface area (Å²) < 4.78 is 44.3. The summed E-state index contributed by atoms with van der Waals surface area (Å²) in [6.45, 7) is 2.32. The number of hydrogen-bond donors (Lipinski definition) is 1. The molecule has 1 fully saturated rings. The Labute approximate surface area is 186 Å². The Balaban J connectivity index is 1.58. The first-order valence-corrected chi connectivity index (χ1v) is 10.5. The summed E-state index contributed by atoms with van der Waals surface area (Å²) in [4.78, 5) is 2.33. The number of piperidine rings is 1. The molecule has 1 aliphatic rings. The second-order valence-corrected chi connectivity index (χ2v) is 7.91. The maximum Gasteiger partial charge on any atom is 0.134 e. The molecule has 4 rings (SSSR count). The molecule has 6 nitrogen and oxygen atoms in total. The van der Waals surface area contributed by atoms with Gasteiger partial charge in [0.15, 0.2) is 0 Å². The second kappa shape index (κ2) is 9.56. The molecule has 0 spiro atoms. The van der Waals surface area contributed by atoms with Crippen molar-refractivity contribution in [3.05, 3.63) is 59.4 Å². The van der Waals surface area contributed by atoms with Gasteiger partial charge in [-0.3, -0.25) is 10.00 Å². The predicted octanol–water partition coefficient (Wildman–Crippen LogP) is 4.76. The van der Waals surface area contributed by atoms with Crippen LogP contribution in [0.5, 0.6) is 17.2 Å². The highest BCUT2D eigenvalue weighted by Gasteiger charge is 2.27. The first-order chi connectivity index (χ1) is 15.5. The maximum atomic E-state index is 14.4. The molecule has 2 aromatic carbocycles. The minimum absolute atomic E-state index is 0.140. The standard InChI is InChI=1S/C24H27F2N3O3/c1-30-17-10-22(31-2)20(23(11-17)32-3)14-29-8-4-5-15(13-29)24-19(12-27-28-24)18-7-6-16(25)9-21(18)26/h6-7,9-12,15H,4-5,8,13-14H2,1-3H3,(H,27,28)/t15-/m0/s1. The lowest BCUT2D eigenvalue weighted by Gasteiger charge is -2.33. The molecule has 1 atom stereocenters. The van der Waals surface area contributed by atoms with E-state index in [9.17, 15) is 8.78 Å². The topological polar surface area (TPSA) is 59.6 Å². The van der Waals surface area contributed by atoms with Crippen molar-refractivity contribution in [1.29, 1.82) is 0 Å². The largest absolute Gasteiger partial charge is 0.496 e. The Morgan fingerprint density at radius 2 is 1.78 bits per heavy atom. The molecule has 0 aliphatic carbocycles. The molecule has 0 amide bonds. The number of rotatable bonds is 7. The van der Waals surface area contributed by atoms with Crippen LogP contribution in [-0.2, 0) is 6.54 Å². The van der Waals surface area contributed by atoms with E-state index in [0.29, 0.717) is 34.9 Å². The van der Waals surface area contributed by atoms with Crippen molar-refractivity contribution in [3.8, 4) is 28.4 Å². The van der Waals surface area contributed by atoms with E-state index in [1.54, 1.807) is 27.5 Å². The van der Waals surface area contributed by atoms with Crippen LogP contribution in [0.1, 0.15) is 30.0 Å². The minimum atomic E-state index is -0.595. The number of ether oxygens (including phenoxy) is 3. The number of methoxy groups -OCH3 is 3. The molecule has 1 N–H and O–H groups in total. The molecule has 0 saturated carbocycles. The number of hydrogen-bond acceptors (Lipinski definition) is 5. The Kier molecular flexibility index (Phi) is 6.60. The number of nitrogens with zero attached hydrogens (tertiary/aromatic N) is 2. The summed E-state index contributed by atoms with van der Waals surface area (Å²) in [5, 5.41) is 7.22. The highest BCUT2D eigenvalue weighted by Crippen LogP contribution is 2.38. The number of nitrogens with one attached hydrogen (secondary N) is 1. The van der Waals surface area contributed by atoms with Gasteiger partial charge >= 0.3 is 0 Å². The fourth-order valence-corrected chi connectivity index (χ4v) is 4.42. The van der Waals surface area contributed by atoms with E-state index in [1.807, 2.05) is 12.1 Å². The highest BCUT2D eigenvalue weighted by molar-refractivity contribution is 5.66. The first-order valence-electron chi connectivity index (χ1n) is 10.5. The zero-order valence-electron chi connectivity index (χ0n) is 18.5. The summed E-state index contributed by atoms with van der Waals surface area (Å²) in [6, 6.07) is 7.34. The summed E-state index contributed by atoms with van der Waals surface area (Å²) in [6.07, 6.45) is 3.54. The van der Waals surface area contributed by atoms with Crippen LogP contribution in [0.4, 0.5) is 8.78 Å². The number of likely N-dealkylation sites (tertiary alicyclic amines) is 1. The fraction of sp³-hybridized carbons (Fsp3) is 0.375. The lowest BCUT2D eigenvalue weighted by Crippen LogP contribution is -2.34. The Hall–Kier alpha value is -3.13. The van der Waals surface area contributed by atoms with Crippen molar-refractivity contribution in [1.82, 2.24) is 15.1 Å². The van der Waals surface area contributed by atoms with Crippen molar-refractivity contribution < 1.29 is 23.0 Å². The zero-order chi connectivity index (χ0) is 22.7. The van der Waals surface area contributed by atoms with E-state index in [1.165, 1.54) is 12.1 Å². The van der Waals surface area contributed by atoms with E-state index >= 15 is 0 Å². The molecular weight excluding hydrogens is 416 g/mol. The van der Waals surface area contributed by atoms with Crippen LogP contribution in [0.2, 0.25) is 0 Å². The zero-order valence-corrected chi connectivity index (χ0v) is 18.5. The van der Waals surface area contributed by atoms with Crippen molar-refractivity contribution >= 4 is 0 Å². The summed E-state index contributed by atoms with van der Waals surface area (Å²) in [5.74, 6) is 1.04. The van der Waals surface area contributed by atoms with Crippen LogP contribution in [0.25, 0.3) is 11.1 Å². The predicted molar refractivity (Wildman–Crippen MR) is 117 cm³/mol. The fourth-order valence-electron chi connectivity index (χ4n) is 4.42. The van der Waals surface area contributed by atoms with Crippen LogP contribution in [-0.4, -0.2) is 49.5 Å².